The SMILES string of the molecule is C=CC1OC(/C=C/c2ccccc2)C(C(=O)OCCNC(N)N)C1C(=O)OCCNC(N)N. The molecule has 1 aromatic carbocycles. The molecule has 182 valence electrons. The Kier molecular flexibility index (Phi) is 11.1. The molecule has 0 aliphatic carbocycles. The van der Waals surface area contributed by atoms with Crippen LogP contribution in [0.5, 0.6) is 0 Å². The van der Waals surface area contributed by atoms with Crippen molar-refractivity contribution in [1.29, 1.82) is 0 Å². The third-order valence-electron chi connectivity index (χ3n) is 4.92. The molecule has 1 aliphatic heterocycles. The average Bonchev–Trinajstić information content (AvgIpc) is 3.17. The van der Waals surface area contributed by atoms with Crippen LogP contribution in [0.1, 0.15) is 5.56 Å². The van der Waals surface area contributed by atoms with Gasteiger partial charge in [-0.3, -0.25) is 20.2 Å². The van der Waals surface area contributed by atoms with Crippen LogP contribution in [0.15, 0.2) is 49.1 Å². The number of hydrogen-bond acceptors (Lipinski definition) is 11. The first kappa shape index (κ1) is 26.6. The second-order valence-corrected chi connectivity index (χ2v) is 7.42. The lowest BCUT2D eigenvalue weighted by molar-refractivity contribution is -0.159. The molecule has 10 N–H and O–H groups in total. The van der Waals surface area contributed by atoms with Gasteiger partial charge in [-0.2, -0.15) is 0 Å². The topological polar surface area (TPSA) is 190 Å². The van der Waals surface area contributed by atoms with Gasteiger partial charge in [0, 0.05) is 13.1 Å². The molecule has 0 amide bonds. The highest BCUT2D eigenvalue weighted by Gasteiger charge is 2.51. The molecule has 1 saturated heterocycles. The summed E-state index contributed by atoms with van der Waals surface area (Å²) in [7, 11) is 0. The quantitative estimate of drug-likeness (QED) is 0.0870. The molecule has 11 nitrogen and oxygen atoms in total. The van der Waals surface area contributed by atoms with E-state index < -0.39 is 48.6 Å². The summed E-state index contributed by atoms with van der Waals surface area (Å²) in [4.78, 5) is 25.9. The molecule has 33 heavy (non-hydrogen) atoms. The Morgan fingerprint density at radius 1 is 0.939 bits per heavy atom. The first-order valence-corrected chi connectivity index (χ1v) is 10.7. The lowest BCUT2D eigenvalue weighted by atomic mass is 9.86. The molecule has 0 aromatic heterocycles. The maximum Gasteiger partial charge on any atom is 0.312 e. The maximum atomic E-state index is 13.0. The Balaban J connectivity index is 2.16. The second-order valence-electron chi connectivity index (χ2n) is 7.42. The smallest absolute Gasteiger partial charge is 0.312 e. The normalized spacial score (nSPS) is 22.7. The van der Waals surface area contributed by atoms with Crippen molar-refractivity contribution < 1.29 is 23.8 Å². The molecule has 1 aromatic rings. The molecule has 1 aliphatic rings. The Labute approximate surface area is 193 Å². The molecule has 0 spiro atoms. The van der Waals surface area contributed by atoms with E-state index in [9.17, 15) is 9.59 Å². The fraction of sp³-hybridized carbons (Fsp3) is 0.455. The van der Waals surface area contributed by atoms with E-state index in [1.807, 2.05) is 36.4 Å². The fourth-order valence-corrected chi connectivity index (χ4v) is 3.41. The van der Waals surface area contributed by atoms with E-state index in [4.69, 9.17) is 37.1 Å². The minimum atomic E-state index is -0.934. The van der Waals surface area contributed by atoms with Crippen molar-refractivity contribution in [1.82, 2.24) is 10.6 Å². The van der Waals surface area contributed by atoms with Crippen LogP contribution in [0, 0.1) is 11.8 Å². The Morgan fingerprint density at radius 2 is 1.45 bits per heavy atom. The van der Waals surface area contributed by atoms with Crippen molar-refractivity contribution in [2.45, 2.75) is 24.8 Å². The lowest BCUT2D eigenvalue weighted by Gasteiger charge is -2.20. The van der Waals surface area contributed by atoms with Gasteiger partial charge < -0.3 is 37.1 Å². The Bertz CT molecular complexity index is 789. The fourth-order valence-electron chi connectivity index (χ4n) is 3.41. The van der Waals surface area contributed by atoms with E-state index in [1.54, 1.807) is 6.08 Å². The van der Waals surface area contributed by atoms with E-state index in [-0.39, 0.29) is 26.3 Å². The van der Waals surface area contributed by atoms with Gasteiger partial charge in [-0.25, -0.2) is 0 Å². The lowest BCUT2D eigenvalue weighted by Crippen LogP contribution is -2.47. The third-order valence-corrected chi connectivity index (χ3v) is 4.92. The predicted octanol–water partition coefficient (Wildman–Crippen LogP) is -1.45. The van der Waals surface area contributed by atoms with Gasteiger partial charge in [0.15, 0.2) is 0 Å². The van der Waals surface area contributed by atoms with E-state index in [0.717, 1.165) is 5.56 Å². The van der Waals surface area contributed by atoms with Crippen molar-refractivity contribution in [3.63, 3.8) is 0 Å². The molecule has 0 saturated carbocycles. The monoisotopic (exact) mass is 462 g/mol. The standard InChI is InChI=1S/C22H34N6O5/c1-2-15-17(19(29)31-12-10-27-21(23)24)18(20(30)32-13-11-28-22(25)26)16(33-15)9-8-14-6-4-3-5-7-14/h2-9,15-18,21-22,27-28H,1,10-13,23-26H2/b9-8+. The number of esters is 2. The predicted molar refractivity (Wildman–Crippen MR) is 124 cm³/mol. The molecule has 1 fully saturated rings. The van der Waals surface area contributed by atoms with Crippen LogP contribution in [0.4, 0.5) is 0 Å². The van der Waals surface area contributed by atoms with Crippen molar-refractivity contribution in [2.24, 2.45) is 34.8 Å². The van der Waals surface area contributed by atoms with Gasteiger partial charge in [0.2, 0.25) is 0 Å². The largest absolute Gasteiger partial charge is 0.464 e. The number of rotatable bonds is 13. The molecule has 0 radical (unpaired) electrons. The van der Waals surface area contributed by atoms with Crippen LogP contribution in [0.3, 0.4) is 0 Å². The highest BCUT2D eigenvalue weighted by molar-refractivity contribution is 5.84. The van der Waals surface area contributed by atoms with Crippen molar-refractivity contribution >= 4 is 18.0 Å². The van der Waals surface area contributed by atoms with Gasteiger partial charge in [-0.05, 0) is 5.56 Å². The number of nitrogens with one attached hydrogen (secondary N) is 2. The van der Waals surface area contributed by atoms with Gasteiger partial charge in [0.05, 0.1) is 12.2 Å². The summed E-state index contributed by atoms with van der Waals surface area (Å²) in [5, 5.41) is 5.48. The van der Waals surface area contributed by atoms with Crippen molar-refractivity contribution in [2.75, 3.05) is 26.3 Å². The number of hydrogen-bond donors (Lipinski definition) is 6. The van der Waals surface area contributed by atoms with E-state index in [2.05, 4.69) is 17.2 Å². The first-order chi connectivity index (χ1) is 15.8. The minimum Gasteiger partial charge on any atom is -0.464 e. The van der Waals surface area contributed by atoms with Crippen LogP contribution in [-0.2, 0) is 23.8 Å². The summed E-state index contributed by atoms with van der Waals surface area (Å²) in [6, 6.07) is 9.50. The molecular weight excluding hydrogens is 428 g/mol. The van der Waals surface area contributed by atoms with Crippen molar-refractivity contribution in [3.05, 3.63) is 54.6 Å². The third kappa shape index (κ3) is 8.67. The maximum absolute atomic E-state index is 13.0. The van der Waals surface area contributed by atoms with Crippen LogP contribution < -0.4 is 33.6 Å². The number of ether oxygens (including phenoxy) is 3. The molecule has 1 heterocycles. The molecule has 2 rings (SSSR count). The zero-order chi connectivity index (χ0) is 24.2. The average molecular weight is 463 g/mol. The summed E-state index contributed by atoms with van der Waals surface area (Å²) in [6.45, 7) is 4.30. The minimum absolute atomic E-state index is 0.0220. The van der Waals surface area contributed by atoms with Crippen LogP contribution in [-0.4, -0.2) is 63.0 Å². The molecule has 4 unspecified atom stereocenters. The first-order valence-electron chi connectivity index (χ1n) is 10.7. The molecule has 11 heteroatoms. The number of carbonyl (C=O) groups is 2. The zero-order valence-corrected chi connectivity index (χ0v) is 18.5. The summed E-state index contributed by atoms with van der Waals surface area (Å²) in [6.07, 6.45) is 2.10. The number of benzene rings is 1. The van der Waals surface area contributed by atoms with Gasteiger partial charge in [0.25, 0.3) is 0 Å². The summed E-state index contributed by atoms with van der Waals surface area (Å²) >= 11 is 0. The van der Waals surface area contributed by atoms with Crippen LogP contribution >= 0.6 is 0 Å². The molecule has 0 bridgehead atoms. The number of nitrogens with two attached hydrogens (primary N) is 4. The summed E-state index contributed by atoms with van der Waals surface area (Å²) in [5.41, 5.74) is 22.6. The Morgan fingerprint density at radius 3 is 1.94 bits per heavy atom. The summed E-state index contributed by atoms with van der Waals surface area (Å²) < 4.78 is 16.7. The Hall–Kier alpha value is -2.64. The van der Waals surface area contributed by atoms with Gasteiger partial charge in [-0.15, -0.1) is 6.58 Å². The highest BCUT2D eigenvalue weighted by atomic mass is 16.6. The van der Waals surface area contributed by atoms with Crippen LogP contribution in [0.2, 0.25) is 0 Å². The van der Waals surface area contributed by atoms with E-state index in [1.165, 1.54) is 6.08 Å². The van der Waals surface area contributed by atoms with Gasteiger partial charge >= 0.3 is 11.9 Å². The van der Waals surface area contributed by atoms with Gasteiger partial charge in [-0.1, -0.05) is 48.6 Å². The van der Waals surface area contributed by atoms with Crippen LogP contribution in [0.25, 0.3) is 6.08 Å². The van der Waals surface area contributed by atoms with Gasteiger partial charge in [0.1, 0.15) is 37.6 Å². The highest BCUT2D eigenvalue weighted by Crippen LogP contribution is 2.36. The zero-order valence-electron chi connectivity index (χ0n) is 18.5. The summed E-state index contributed by atoms with van der Waals surface area (Å²) in [5.74, 6) is -3.07. The van der Waals surface area contributed by atoms with E-state index in [0.29, 0.717) is 0 Å². The van der Waals surface area contributed by atoms with E-state index >= 15 is 0 Å². The molecule has 4 atom stereocenters. The van der Waals surface area contributed by atoms with Crippen molar-refractivity contribution in [3.8, 4) is 0 Å². The number of carbonyl (C=O) groups excluding carboxylic acids is 2. The molecular formula is C22H34N6O5. The second kappa shape index (κ2) is 13.8.